The lowest BCUT2D eigenvalue weighted by molar-refractivity contribution is -0.142. The van der Waals surface area contributed by atoms with Crippen LogP contribution >= 0.6 is 0 Å². The first-order chi connectivity index (χ1) is 20.1. The summed E-state index contributed by atoms with van der Waals surface area (Å²) in [5, 5.41) is 37.3. The fraction of sp³-hybridized carbons (Fsp3) is 0.379. The van der Waals surface area contributed by atoms with Gasteiger partial charge in [0.2, 0.25) is 17.7 Å². The number of aromatic hydroxyl groups is 1. The largest absolute Gasteiger partial charge is 0.508 e. The molecule has 226 valence electrons. The molecule has 0 radical (unpaired) electrons. The molecule has 0 bridgehead atoms. The number of carboxylic acids is 1. The van der Waals surface area contributed by atoms with Gasteiger partial charge in [0.1, 0.15) is 23.9 Å². The van der Waals surface area contributed by atoms with Gasteiger partial charge in [-0.25, -0.2) is 4.79 Å². The van der Waals surface area contributed by atoms with Crippen LogP contribution in [0.25, 0.3) is 10.9 Å². The van der Waals surface area contributed by atoms with Crippen molar-refractivity contribution in [1.29, 1.82) is 0 Å². The highest BCUT2D eigenvalue weighted by Gasteiger charge is 2.30. The number of carboxylic acid groups (broad SMARTS) is 1. The summed E-state index contributed by atoms with van der Waals surface area (Å²) in [5.41, 5.74) is 13.8. The van der Waals surface area contributed by atoms with Crippen molar-refractivity contribution in [2.24, 2.45) is 11.5 Å². The Labute approximate surface area is 242 Å². The van der Waals surface area contributed by atoms with Gasteiger partial charge in [0.15, 0.2) is 0 Å². The van der Waals surface area contributed by atoms with Crippen molar-refractivity contribution in [3.63, 3.8) is 0 Å². The molecule has 42 heavy (non-hydrogen) atoms. The molecule has 1 aromatic heterocycles. The van der Waals surface area contributed by atoms with Gasteiger partial charge in [0.25, 0.3) is 0 Å². The number of benzene rings is 2. The number of phenolic OH excluding ortho intramolecular Hbond substituents is 1. The van der Waals surface area contributed by atoms with E-state index in [2.05, 4.69) is 20.9 Å². The standard InChI is InChI=1S/C29H38N6O7/c30-12-4-3-7-23(33-26(38)21(31)13-17-8-10-19(37)11-9-17)27(39)35-25(16-36)28(40)34-24(29(41)42)14-18-15-32-22-6-2-1-5-20(18)22/h1-2,5-6,8-11,15,21,23-25,32,36-37H,3-4,7,12-14,16,30-31H2,(H,33,38)(H,34,40)(H,35,39)(H,41,42). The molecule has 1 heterocycles. The summed E-state index contributed by atoms with van der Waals surface area (Å²) in [6.07, 6.45) is 3.05. The first-order valence-electron chi connectivity index (χ1n) is 13.7. The Hall–Kier alpha value is -4.46. The van der Waals surface area contributed by atoms with Crippen LogP contribution in [-0.2, 0) is 32.0 Å². The minimum Gasteiger partial charge on any atom is -0.508 e. The Bertz CT molecular complexity index is 1360. The molecular weight excluding hydrogens is 544 g/mol. The van der Waals surface area contributed by atoms with E-state index in [0.717, 1.165) is 10.9 Å². The Kier molecular flexibility index (Phi) is 11.8. The van der Waals surface area contributed by atoms with E-state index in [-0.39, 0.29) is 25.0 Å². The third kappa shape index (κ3) is 9.03. The lowest BCUT2D eigenvalue weighted by Gasteiger charge is -2.24. The second-order valence-electron chi connectivity index (χ2n) is 10.0. The van der Waals surface area contributed by atoms with Gasteiger partial charge in [-0.3, -0.25) is 14.4 Å². The summed E-state index contributed by atoms with van der Waals surface area (Å²) in [6.45, 7) is -0.432. The molecule has 0 aliphatic rings. The lowest BCUT2D eigenvalue weighted by Crippen LogP contribution is -2.58. The van der Waals surface area contributed by atoms with Crippen LogP contribution in [0.4, 0.5) is 0 Å². The number of nitrogens with two attached hydrogens (primary N) is 2. The summed E-state index contributed by atoms with van der Waals surface area (Å²) in [6, 6.07) is 8.62. The number of carbonyl (C=O) groups excluding carboxylic acids is 3. The number of para-hydroxylation sites is 1. The second-order valence-corrected chi connectivity index (χ2v) is 10.0. The maximum absolute atomic E-state index is 13.2. The van der Waals surface area contributed by atoms with Gasteiger partial charge in [0, 0.05) is 23.5 Å². The number of aliphatic carboxylic acids is 1. The molecule has 0 fully saturated rings. The summed E-state index contributed by atoms with van der Waals surface area (Å²) in [7, 11) is 0. The van der Waals surface area contributed by atoms with Crippen LogP contribution in [0.3, 0.4) is 0 Å². The molecule has 0 saturated carbocycles. The van der Waals surface area contributed by atoms with E-state index in [1.54, 1.807) is 18.3 Å². The topological polar surface area (TPSA) is 233 Å². The number of fused-ring (bicyclic) bond motifs is 1. The molecule has 4 unspecified atom stereocenters. The van der Waals surface area contributed by atoms with Gasteiger partial charge in [-0.15, -0.1) is 0 Å². The Morgan fingerprint density at radius 2 is 1.48 bits per heavy atom. The third-order valence-corrected chi connectivity index (χ3v) is 6.84. The summed E-state index contributed by atoms with van der Waals surface area (Å²) in [4.78, 5) is 54.0. The lowest BCUT2D eigenvalue weighted by atomic mass is 10.0. The van der Waals surface area contributed by atoms with Crippen molar-refractivity contribution in [2.45, 2.75) is 56.3 Å². The number of aliphatic hydroxyl groups excluding tert-OH is 1. The predicted octanol–water partition coefficient (Wildman–Crippen LogP) is -0.354. The number of hydrogen-bond donors (Lipinski definition) is 9. The van der Waals surface area contributed by atoms with Crippen LogP contribution in [0.5, 0.6) is 5.75 Å². The Balaban J connectivity index is 1.65. The highest BCUT2D eigenvalue weighted by atomic mass is 16.4. The van der Waals surface area contributed by atoms with Crippen LogP contribution in [-0.4, -0.2) is 81.3 Å². The number of aliphatic hydroxyl groups is 1. The summed E-state index contributed by atoms with van der Waals surface area (Å²) in [5.74, 6) is -3.45. The second kappa shape index (κ2) is 15.5. The number of hydrogen-bond acceptors (Lipinski definition) is 8. The van der Waals surface area contributed by atoms with Gasteiger partial charge in [-0.2, -0.15) is 0 Å². The van der Waals surface area contributed by atoms with Gasteiger partial charge in [-0.1, -0.05) is 30.3 Å². The van der Waals surface area contributed by atoms with Crippen LogP contribution in [0.2, 0.25) is 0 Å². The van der Waals surface area contributed by atoms with E-state index in [0.29, 0.717) is 30.5 Å². The Morgan fingerprint density at radius 3 is 2.14 bits per heavy atom. The number of phenols is 1. The molecule has 4 atom stereocenters. The predicted molar refractivity (Wildman–Crippen MR) is 155 cm³/mol. The number of nitrogens with one attached hydrogen (secondary N) is 4. The van der Waals surface area contributed by atoms with Gasteiger partial charge in [0.05, 0.1) is 12.6 Å². The summed E-state index contributed by atoms with van der Waals surface area (Å²) < 4.78 is 0. The fourth-order valence-corrected chi connectivity index (χ4v) is 4.48. The molecule has 3 amide bonds. The van der Waals surface area contributed by atoms with E-state index in [1.807, 2.05) is 24.3 Å². The van der Waals surface area contributed by atoms with Gasteiger partial charge < -0.3 is 47.7 Å². The van der Waals surface area contributed by atoms with Crippen LogP contribution in [0.1, 0.15) is 30.4 Å². The minimum atomic E-state index is -1.47. The molecular formula is C29H38N6O7. The average molecular weight is 583 g/mol. The zero-order chi connectivity index (χ0) is 30.6. The van der Waals surface area contributed by atoms with Crippen LogP contribution < -0.4 is 27.4 Å². The Morgan fingerprint density at radius 1 is 0.833 bits per heavy atom. The normalized spacial score (nSPS) is 14.0. The number of H-pyrrole nitrogens is 1. The van der Waals surface area contributed by atoms with Gasteiger partial charge in [-0.05, 0) is 61.6 Å². The number of amides is 3. The molecule has 0 spiro atoms. The van der Waals surface area contributed by atoms with Crippen LogP contribution in [0.15, 0.2) is 54.7 Å². The van der Waals surface area contributed by atoms with E-state index in [9.17, 15) is 34.5 Å². The fourth-order valence-electron chi connectivity index (χ4n) is 4.48. The third-order valence-electron chi connectivity index (χ3n) is 6.84. The van der Waals surface area contributed by atoms with Crippen molar-refractivity contribution in [1.82, 2.24) is 20.9 Å². The molecule has 13 nitrogen and oxygen atoms in total. The maximum atomic E-state index is 13.2. The molecule has 3 rings (SSSR count). The van der Waals surface area contributed by atoms with Crippen LogP contribution in [0, 0.1) is 0 Å². The average Bonchev–Trinajstić information content (AvgIpc) is 3.38. The van der Waals surface area contributed by atoms with Crippen molar-refractivity contribution < 1.29 is 34.5 Å². The number of rotatable bonds is 16. The maximum Gasteiger partial charge on any atom is 0.326 e. The number of carbonyl (C=O) groups is 4. The van der Waals surface area contributed by atoms with Crippen molar-refractivity contribution in [3.8, 4) is 5.75 Å². The monoisotopic (exact) mass is 582 g/mol. The van der Waals surface area contributed by atoms with Crippen molar-refractivity contribution >= 4 is 34.6 Å². The van der Waals surface area contributed by atoms with Crippen molar-refractivity contribution in [2.75, 3.05) is 13.2 Å². The summed E-state index contributed by atoms with van der Waals surface area (Å²) >= 11 is 0. The molecule has 13 heteroatoms. The smallest absolute Gasteiger partial charge is 0.326 e. The molecule has 3 aromatic rings. The molecule has 0 saturated heterocycles. The van der Waals surface area contributed by atoms with E-state index < -0.39 is 54.5 Å². The number of aromatic amines is 1. The number of aromatic nitrogens is 1. The molecule has 0 aliphatic heterocycles. The SMILES string of the molecule is NCCCCC(NC(=O)C(N)Cc1ccc(O)cc1)C(=O)NC(CO)C(=O)NC(Cc1c[nH]c2ccccc12)C(=O)O. The van der Waals surface area contributed by atoms with Gasteiger partial charge >= 0.3 is 5.97 Å². The van der Waals surface area contributed by atoms with E-state index in [1.165, 1.54) is 12.1 Å². The molecule has 11 N–H and O–H groups in total. The van der Waals surface area contributed by atoms with E-state index >= 15 is 0 Å². The highest BCUT2D eigenvalue weighted by molar-refractivity contribution is 5.94. The number of unbranched alkanes of at least 4 members (excludes halogenated alkanes) is 1. The highest BCUT2D eigenvalue weighted by Crippen LogP contribution is 2.19. The minimum absolute atomic E-state index is 0.0339. The molecule has 0 aliphatic carbocycles. The first-order valence-corrected chi connectivity index (χ1v) is 13.7. The zero-order valence-electron chi connectivity index (χ0n) is 23.1. The molecule has 2 aromatic carbocycles. The first kappa shape index (κ1) is 32.1. The zero-order valence-corrected chi connectivity index (χ0v) is 23.1. The van der Waals surface area contributed by atoms with Crippen molar-refractivity contribution in [3.05, 3.63) is 65.9 Å². The quantitative estimate of drug-likeness (QED) is 0.100. The van der Waals surface area contributed by atoms with E-state index in [4.69, 9.17) is 11.5 Å².